The molecule has 0 fully saturated rings. The van der Waals surface area contributed by atoms with Crippen molar-refractivity contribution in [1.29, 1.82) is 0 Å². The Bertz CT molecular complexity index is 791. The number of sulfonamides is 1. The molecule has 0 saturated carbocycles. The van der Waals surface area contributed by atoms with Crippen LogP contribution in [0.15, 0.2) is 35.2 Å². The van der Waals surface area contributed by atoms with Crippen molar-refractivity contribution >= 4 is 33.4 Å². The Balaban J connectivity index is 2.42. The summed E-state index contributed by atoms with van der Waals surface area (Å²) in [7, 11) is -3.97. The lowest BCUT2D eigenvalue weighted by atomic mass is 10.1. The van der Waals surface area contributed by atoms with Crippen LogP contribution in [0.3, 0.4) is 0 Å². The average Bonchev–Trinajstić information content (AvgIpc) is 2.41. The second-order valence-corrected chi connectivity index (χ2v) is 6.12. The Morgan fingerprint density at radius 3 is 2.52 bits per heavy atom. The third kappa shape index (κ3) is 3.29. The van der Waals surface area contributed by atoms with Crippen molar-refractivity contribution in [3.63, 3.8) is 0 Å². The fourth-order valence-corrected chi connectivity index (χ4v) is 3.07. The molecule has 0 aliphatic carbocycles. The first-order valence-electron chi connectivity index (χ1n) is 5.66. The first kappa shape index (κ1) is 15.2. The lowest BCUT2D eigenvalue weighted by Gasteiger charge is -2.10. The predicted molar refractivity (Wildman–Crippen MR) is 76.0 cm³/mol. The van der Waals surface area contributed by atoms with E-state index in [4.69, 9.17) is 16.7 Å². The van der Waals surface area contributed by atoms with E-state index < -0.39 is 16.0 Å². The number of aromatic carboxylic acids is 1. The van der Waals surface area contributed by atoms with Crippen LogP contribution in [0.1, 0.15) is 15.9 Å². The number of halogens is 1. The van der Waals surface area contributed by atoms with Gasteiger partial charge in [0.15, 0.2) is 11.0 Å². The third-order valence-electron chi connectivity index (χ3n) is 2.67. The molecule has 0 bridgehead atoms. The van der Waals surface area contributed by atoms with Crippen LogP contribution in [-0.2, 0) is 10.0 Å². The fraction of sp³-hybridized carbons (Fsp3) is 0.0833. The second kappa shape index (κ2) is 5.66. The molecule has 7 nitrogen and oxygen atoms in total. The van der Waals surface area contributed by atoms with E-state index >= 15 is 0 Å². The molecule has 110 valence electrons. The molecule has 0 radical (unpaired) electrons. The monoisotopic (exact) mass is 327 g/mol. The van der Waals surface area contributed by atoms with Crippen LogP contribution in [0.2, 0.25) is 5.15 Å². The van der Waals surface area contributed by atoms with Gasteiger partial charge in [-0.3, -0.25) is 4.72 Å². The van der Waals surface area contributed by atoms with Gasteiger partial charge in [0.25, 0.3) is 10.0 Å². The number of carbonyl (C=O) groups is 1. The highest BCUT2D eigenvalue weighted by molar-refractivity contribution is 7.92. The second-order valence-electron chi connectivity index (χ2n) is 4.08. The molecule has 21 heavy (non-hydrogen) atoms. The zero-order chi connectivity index (χ0) is 15.6. The van der Waals surface area contributed by atoms with Crippen molar-refractivity contribution in [2.75, 3.05) is 4.72 Å². The summed E-state index contributed by atoms with van der Waals surface area (Å²) in [5.74, 6) is -1.21. The van der Waals surface area contributed by atoms with Crippen LogP contribution >= 0.6 is 11.6 Å². The lowest BCUT2D eigenvalue weighted by molar-refractivity contribution is 0.0696. The number of carboxylic acids is 1. The molecule has 0 saturated heterocycles. The Hall–Kier alpha value is -2.19. The van der Waals surface area contributed by atoms with Gasteiger partial charge in [-0.15, -0.1) is 10.2 Å². The fourth-order valence-electron chi connectivity index (χ4n) is 1.70. The molecule has 0 amide bonds. The molecule has 2 aromatic rings. The Morgan fingerprint density at radius 2 is 1.95 bits per heavy atom. The molecule has 0 aliphatic rings. The highest BCUT2D eigenvalue weighted by atomic mass is 35.5. The maximum Gasteiger partial charge on any atom is 0.335 e. The maximum atomic E-state index is 12.3. The van der Waals surface area contributed by atoms with Gasteiger partial charge in [-0.2, -0.15) is 0 Å². The number of aromatic nitrogens is 2. The van der Waals surface area contributed by atoms with Crippen molar-refractivity contribution < 1.29 is 18.3 Å². The lowest BCUT2D eigenvalue weighted by Crippen LogP contribution is -2.16. The van der Waals surface area contributed by atoms with E-state index in [9.17, 15) is 13.2 Å². The van der Waals surface area contributed by atoms with Gasteiger partial charge in [0.2, 0.25) is 0 Å². The first-order chi connectivity index (χ1) is 9.81. The highest BCUT2D eigenvalue weighted by Gasteiger charge is 2.21. The molecule has 1 heterocycles. The van der Waals surface area contributed by atoms with E-state index in [2.05, 4.69) is 14.9 Å². The summed E-state index contributed by atoms with van der Waals surface area (Å²) in [6.45, 7) is 1.42. The Morgan fingerprint density at radius 1 is 1.24 bits per heavy atom. The number of anilines is 1. The topological polar surface area (TPSA) is 109 Å². The van der Waals surface area contributed by atoms with Gasteiger partial charge < -0.3 is 5.11 Å². The summed E-state index contributed by atoms with van der Waals surface area (Å²) in [6.07, 6.45) is 0. The summed E-state index contributed by atoms with van der Waals surface area (Å²) in [4.78, 5) is 10.9. The minimum Gasteiger partial charge on any atom is -0.478 e. The third-order valence-corrected chi connectivity index (χ3v) is 4.38. The molecule has 2 rings (SSSR count). The van der Waals surface area contributed by atoms with Crippen molar-refractivity contribution in [2.45, 2.75) is 11.8 Å². The zero-order valence-electron chi connectivity index (χ0n) is 10.7. The molecular formula is C12H10ClN3O4S. The van der Waals surface area contributed by atoms with Gasteiger partial charge in [0, 0.05) is 0 Å². The molecule has 0 unspecified atom stereocenters. The van der Waals surface area contributed by atoms with Crippen LogP contribution < -0.4 is 4.72 Å². The van der Waals surface area contributed by atoms with Crippen LogP contribution in [0, 0.1) is 6.92 Å². The van der Waals surface area contributed by atoms with Crippen LogP contribution in [0.5, 0.6) is 0 Å². The predicted octanol–water partition coefficient (Wildman–Crippen LogP) is 1.94. The molecule has 0 atom stereocenters. The van der Waals surface area contributed by atoms with Crippen LogP contribution in [0.25, 0.3) is 0 Å². The van der Waals surface area contributed by atoms with Crippen LogP contribution in [0.4, 0.5) is 5.82 Å². The van der Waals surface area contributed by atoms with E-state index in [-0.39, 0.29) is 27.0 Å². The zero-order valence-corrected chi connectivity index (χ0v) is 12.3. The summed E-state index contributed by atoms with van der Waals surface area (Å²) in [6, 6.07) is 6.74. The molecular weight excluding hydrogens is 318 g/mol. The van der Waals surface area contributed by atoms with E-state index in [1.165, 1.54) is 37.3 Å². The van der Waals surface area contributed by atoms with Crippen LogP contribution in [-0.4, -0.2) is 29.7 Å². The molecule has 9 heteroatoms. The Labute approximate surface area is 125 Å². The normalized spacial score (nSPS) is 11.1. The summed E-state index contributed by atoms with van der Waals surface area (Å²) in [5.41, 5.74) is 0.0551. The summed E-state index contributed by atoms with van der Waals surface area (Å²) < 4.78 is 26.8. The van der Waals surface area contributed by atoms with Gasteiger partial charge in [-0.25, -0.2) is 13.2 Å². The number of nitrogens with one attached hydrogen (secondary N) is 1. The van der Waals surface area contributed by atoms with Gasteiger partial charge in [-0.1, -0.05) is 17.7 Å². The maximum absolute atomic E-state index is 12.3. The van der Waals surface area contributed by atoms with Gasteiger partial charge >= 0.3 is 5.97 Å². The number of rotatable bonds is 4. The van der Waals surface area contributed by atoms with Crippen molar-refractivity contribution in [3.05, 3.63) is 46.6 Å². The number of benzene rings is 1. The highest BCUT2D eigenvalue weighted by Crippen LogP contribution is 2.21. The summed E-state index contributed by atoms with van der Waals surface area (Å²) in [5, 5.41) is 16.3. The standard InChI is InChI=1S/C12H10ClN3O4S/c1-7-8(12(17)18)3-2-4-9(7)21(19,20)16-11-6-5-10(13)14-15-11/h2-6H,1H3,(H,15,16)(H,17,18). The quantitative estimate of drug-likeness (QED) is 0.888. The van der Waals surface area contributed by atoms with E-state index in [1.54, 1.807) is 0 Å². The number of nitrogens with zero attached hydrogens (tertiary/aromatic N) is 2. The molecule has 1 aromatic carbocycles. The first-order valence-corrected chi connectivity index (χ1v) is 7.52. The van der Waals surface area contributed by atoms with Gasteiger partial charge in [0.1, 0.15) is 0 Å². The SMILES string of the molecule is Cc1c(C(=O)O)cccc1S(=O)(=O)Nc1ccc(Cl)nn1. The van der Waals surface area contributed by atoms with Gasteiger partial charge in [-0.05, 0) is 36.8 Å². The smallest absolute Gasteiger partial charge is 0.335 e. The van der Waals surface area contributed by atoms with Gasteiger partial charge in [0.05, 0.1) is 10.5 Å². The van der Waals surface area contributed by atoms with E-state index in [0.717, 1.165) is 0 Å². The minimum absolute atomic E-state index is 0.0143. The molecule has 1 aromatic heterocycles. The molecule has 0 spiro atoms. The largest absolute Gasteiger partial charge is 0.478 e. The number of hydrogen-bond acceptors (Lipinski definition) is 5. The van der Waals surface area contributed by atoms with Crippen molar-refractivity contribution in [2.24, 2.45) is 0 Å². The number of carboxylic acid groups (broad SMARTS) is 1. The average molecular weight is 328 g/mol. The summed E-state index contributed by atoms with van der Waals surface area (Å²) >= 11 is 5.56. The minimum atomic E-state index is -3.97. The van der Waals surface area contributed by atoms with E-state index in [1.807, 2.05) is 0 Å². The number of hydrogen-bond donors (Lipinski definition) is 2. The molecule has 0 aliphatic heterocycles. The van der Waals surface area contributed by atoms with E-state index in [0.29, 0.717) is 0 Å². The van der Waals surface area contributed by atoms with Crippen molar-refractivity contribution in [3.8, 4) is 0 Å². The van der Waals surface area contributed by atoms with Crippen molar-refractivity contribution in [1.82, 2.24) is 10.2 Å². The molecule has 2 N–H and O–H groups in total. The Kier molecular flexibility index (Phi) is 4.10.